The van der Waals surface area contributed by atoms with Crippen molar-refractivity contribution in [2.45, 2.75) is 5.92 Å². The van der Waals surface area contributed by atoms with Gasteiger partial charge in [-0.05, 0) is 29.6 Å². The number of hydrogen-bond acceptors (Lipinski definition) is 6. The molecule has 5 rings (SSSR count). The van der Waals surface area contributed by atoms with E-state index in [0.717, 1.165) is 15.9 Å². The fourth-order valence-electron chi connectivity index (χ4n) is 2.96. The third-order valence-electron chi connectivity index (χ3n) is 4.37. The van der Waals surface area contributed by atoms with Crippen LogP contribution in [0.5, 0.6) is 0 Å². The molecule has 25 heavy (non-hydrogen) atoms. The van der Waals surface area contributed by atoms with Crippen molar-refractivity contribution in [3.63, 3.8) is 0 Å². The molecule has 1 amide bonds. The Morgan fingerprint density at radius 2 is 2.24 bits per heavy atom. The SMILES string of the molecule is O=C(c1ccc2nc[nH]c2c1)N1CC(c2nc(-c3cccs3)no2)C1. The minimum absolute atomic E-state index is 0.00532. The van der Waals surface area contributed by atoms with E-state index < -0.39 is 0 Å². The number of hydrogen-bond donors (Lipinski definition) is 1. The Labute approximate surface area is 146 Å². The number of fused-ring (bicyclic) bond motifs is 1. The maximum atomic E-state index is 12.6. The second-order valence-corrected chi connectivity index (χ2v) is 6.92. The molecule has 7 nitrogen and oxygen atoms in total. The fourth-order valence-corrected chi connectivity index (χ4v) is 3.61. The van der Waals surface area contributed by atoms with E-state index in [1.54, 1.807) is 28.6 Å². The lowest BCUT2D eigenvalue weighted by atomic mass is 9.98. The third kappa shape index (κ3) is 2.42. The van der Waals surface area contributed by atoms with Gasteiger partial charge in [0.25, 0.3) is 5.91 Å². The van der Waals surface area contributed by atoms with Crippen LogP contribution in [0.15, 0.2) is 46.6 Å². The van der Waals surface area contributed by atoms with Crippen molar-refractivity contribution >= 4 is 28.3 Å². The number of amides is 1. The van der Waals surface area contributed by atoms with Crippen LogP contribution in [-0.2, 0) is 0 Å². The van der Waals surface area contributed by atoms with Crippen molar-refractivity contribution in [3.8, 4) is 10.7 Å². The zero-order valence-electron chi connectivity index (χ0n) is 13.0. The van der Waals surface area contributed by atoms with E-state index >= 15 is 0 Å². The molecular weight excluding hydrogens is 338 g/mol. The van der Waals surface area contributed by atoms with Gasteiger partial charge in [0.2, 0.25) is 11.7 Å². The lowest BCUT2D eigenvalue weighted by Crippen LogP contribution is -2.48. The van der Waals surface area contributed by atoms with Gasteiger partial charge in [-0.1, -0.05) is 11.2 Å². The molecule has 8 heteroatoms. The van der Waals surface area contributed by atoms with E-state index in [9.17, 15) is 4.79 Å². The van der Waals surface area contributed by atoms with E-state index in [4.69, 9.17) is 4.52 Å². The minimum atomic E-state index is 0.00532. The Kier molecular flexibility index (Phi) is 3.17. The number of rotatable bonds is 3. The molecule has 0 bridgehead atoms. The van der Waals surface area contributed by atoms with Gasteiger partial charge in [-0.25, -0.2) is 4.98 Å². The van der Waals surface area contributed by atoms with Crippen LogP contribution in [-0.4, -0.2) is 44.0 Å². The second-order valence-electron chi connectivity index (χ2n) is 5.98. The number of nitrogens with one attached hydrogen (secondary N) is 1. The number of imidazole rings is 1. The first-order valence-corrected chi connectivity index (χ1v) is 8.76. The number of nitrogens with zero attached hydrogens (tertiary/aromatic N) is 4. The summed E-state index contributed by atoms with van der Waals surface area (Å²) in [6, 6.07) is 9.40. The number of thiophene rings is 1. The molecule has 1 saturated heterocycles. The number of carbonyl (C=O) groups excluding carboxylic acids is 1. The van der Waals surface area contributed by atoms with Crippen LogP contribution in [0.2, 0.25) is 0 Å². The molecule has 0 spiro atoms. The molecule has 0 unspecified atom stereocenters. The van der Waals surface area contributed by atoms with E-state index in [1.807, 2.05) is 29.6 Å². The van der Waals surface area contributed by atoms with E-state index in [-0.39, 0.29) is 11.8 Å². The van der Waals surface area contributed by atoms with Crippen LogP contribution >= 0.6 is 11.3 Å². The summed E-state index contributed by atoms with van der Waals surface area (Å²) in [5.41, 5.74) is 2.37. The first-order chi connectivity index (χ1) is 12.3. The summed E-state index contributed by atoms with van der Waals surface area (Å²) in [6.45, 7) is 1.18. The maximum absolute atomic E-state index is 12.6. The number of aromatic nitrogens is 4. The fraction of sp³-hybridized carbons (Fsp3) is 0.176. The number of likely N-dealkylation sites (tertiary alicyclic amines) is 1. The van der Waals surface area contributed by atoms with Gasteiger partial charge >= 0.3 is 0 Å². The average molecular weight is 351 g/mol. The van der Waals surface area contributed by atoms with Crippen LogP contribution < -0.4 is 0 Å². The summed E-state index contributed by atoms with van der Waals surface area (Å²) in [5.74, 6) is 1.31. The summed E-state index contributed by atoms with van der Waals surface area (Å²) < 4.78 is 5.37. The summed E-state index contributed by atoms with van der Waals surface area (Å²) in [5, 5.41) is 6.01. The van der Waals surface area contributed by atoms with Gasteiger partial charge in [0.1, 0.15) is 0 Å². The molecule has 0 radical (unpaired) electrons. The third-order valence-corrected chi connectivity index (χ3v) is 5.23. The van der Waals surface area contributed by atoms with Crippen molar-refractivity contribution in [2.75, 3.05) is 13.1 Å². The van der Waals surface area contributed by atoms with Gasteiger partial charge in [0.05, 0.1) is 28.2 Å². The molecule has 0 aliphatic carbocycles. The van der Waals surface area contributed by atoms with Crippen molar-refractivity contribution in [3.05, 3.63) is 53.5 Å². The molecule has 1 fully saturated rings. The average Bonchev–Trinajstić information content (AvgIpc) is 3.33. The predicted molar refractivity (Wildman–Crippen MR) is 92.3 cm³/mol. The Morgan fingerprint density at radius 1 is 1.32 bits per heavy atom. The summed E-state index contributed by atoms with van der Waals surface area (Å²) in [6.07, 6.45) is 1.62. The lowest BCUT2D eigenvalue weighted by molar-refractivity contribution is 0.0569. The Hall–Kier alpha value is -3.00. The Bertz CT molecular complexity index is 1050. The predicted octanol–water partition coefficient (Wildman–Crippen LogP) is 2.91. The van der Waals surface area contributed by atoms with Crippen LogP contribution in [0.25, 0.3) is 21.7 Å². The highest BCUT2D eigenvalue weighted by Gasteiger charge is 2.36. The maximum Gasteiger partial charge on any atom is 0.253 e. The van der Waals surface area contributed by atoms with Crippen molar-refractivity contribution in [2.24, 2.45) is 0 Å². The molecule has 1 aliphatic heterocycles. The molecule has 0 atom stereocenters. The standard InChI is InChI=1S/C17H13N5O2S/c23-17(10-3-4-12-13(6-10)19-9-18-12)22-7-11(8-22)16-20-15(21-24-16)14-2-1-5-25-14/h1-6,9,11H,7-8H2,(H,18,19). The molecule has 1 aliphatic rings. The molecule has 3 aromatic heterocycles. The minimum Gasteiger partial charge on any atom is -0.345 e. The highest BCUT2D eigenvalue weighted by Crippen LogP contribution is 2.30. The second kappa shape index (κ2) is 5.52. The van der Waals surface area contributed by atoms with Gasteiger partial charge < -0.3 is 14.4 Å². The molecule has 1 aromatic carbocycles. The number of benzene rings is 1. The van der Waals surface area contributed by atoms with Gasteiger partial charge in [0, 0.05) is 18.7 Å². The summed E-state index contributed by atoms with van der Waals surface area (Å²) >= 11 is 1.57. The smallest absolute Gasteiger partial charge is 0.253 e. The molecule has 124 valence electrons. The van der Waals surface area contributed by atoms with Crippen molar-refractivity contribution in [1.29, 1.82) is 0 Å². The highest BCUT2D eigenvalue weighted by molar-refractivity contribution is 7.13. The lowest BCUT2D eigenvalue weighted by Gasteiger charge is -2.37. The van der Waals surface area contributed by atoms with E-state index in [1.165, 1.54) is 0 Å². The molecular formula is C17H13N5O2S. The zero-order valence-corrected chi connectivity index (χ0v) is 13.9. The van der Waals surface area contributed by atoms with Crippen LogP contribution in [0.3, 0.4) is 0 Å². The first kappa shape index (κ1) is 14.4. The Morgan fingerprint density at radius 3 is 3.08 bits per heavy atom. The number of H-pyrrole nitrogens is 1. The topological polar surface area (TPSA) is 87.9 Å². The molecule has 4 aromatic rings. The Balaban J connectivity index is 1.29. The number of aromatic amines is 1. The molecule has 4 heterocycles. The van der Waals surface area contributed by atoms with Gasteiger partial charge in [-0.2, -0.15) is 4.98 Å². The van der Waals surface area contributed by atoms with Crippen molar-refractivity contribution in [1.82, 2.24) is 25.0 Å². The summed E-state index contributed by atoms with van der Waals surface area (Å²) in [4.78, 5) is 27.0. The van der Waals surface area contributed by atoms with Crippen molar-refractivity contribution < 1.29 is 9.32 Å². The quantitative estimate of drug-likeness (QED) is 0.613. The highest BCUT2D eigenvalue weighted by atomic mass is 32.1. The van der Waals surface area contributed by atoms with Gasteiger partial charge in [-0.3, -0.25) is 4.79 Å². The van der Waals surface area contributed by atoms with Crippen LogP contribution in [0.4, 0.5) is 0 Å². The normalized spacial score (nSPS) is 14.8. The number of carbonyl (C=O) groups is 1. The zero-order chi connectivity index (χ0) is 16.8. The molecule has 0 saturated carbocycles. The monoisotopic (exact) mass is 351 g/mol. The van der Waals surface area contributed by atoms with Gasteiger partial charge in [-0.15, -0.1) is 11.3 Å². The molecule has 1 N–H and O–H groups in total. The van der Waals surface area contributed by atoms with Crippen LogP contribution in [0.1, 0.15) is 22.2 Å². The van der Waals surface area contributed by atoms with Gasteiger partial charge in [0.15, 0.2) is 0 Å². The van der Waals surface area contributed by atoms with Crippen LogP contribution in [0, 0.1) is 0 Å². The van der Waals surface area contributed by atoms with E-state index in [2.05, 4.69) is 20.1 Å². The first-order valence-electron chi connectivity index (χ1n) is 7.88. The summed E-state index contributed by atoms with van der Waals surface area (Å²) in [7, 11) is 0. The van der Waals surface area contributed by atoms with E-state index in [0.29, 0.717) is 30.4 Å². The largest absolute Gasteiger partial charge is 0.345 e.